The van der Waals surface area contributed by atoms with E-state index < -0.39 is 5.91 Å². The number of rotatable bonds is 4. The van der Waals surface area contributed by atoms with E-state index in [4.69, 9.17) is 0 Å². The third-order valence-corrected chi connectivity index (χ3v) is 4.27. The number of carbonyl (C=O) groups excluding carboxylic acids is 1. The molecule has 0 bridgehead atoms. The minimum Gasteiger partial charge on any atom is -0.296 e. The number of anilines is 1. The Morgan fingerprint density at radius 1 is 1.14 bits per heavy atom. The number of amides is 1. The van der Waals surface area contributed by atoms with E-state index in [1.807, 2.05) is 23.6 Å². The predicted octanol–water partition coefficient (Wildman–Crippen LogP) is 2.20. The van der Waals surface area contributed by atoms with Crippen molar-refractivity contribution in [2.45, 2.75) is 6.92 Å². The van der Waals surface area contributed by atoms with Crippen LogP contribution >= 0.6 is 11.3 Å². The Balaban J connectivity index is 1.55. The summed E-state index contributed by atoms with van der Waals surface area (Å²) in [6.45, 7) is 1.75. The number of nitrogens with zero attached hydrogens (tertiary/aromatic N) is 7. The van der Waals surface area contributed by atoms with Crippen LogP contribution in [-0.2, 0) is 0 Å². The van der Waals surface area contributed by atoms with Gasteiger partial charge in [0.2, 0.25) is 0 Å². The molecule has 0 saturated heterocycles. The minimum absolute atomic E-state index is 0.196. The maximum Gasteiger partial charge on any atom is 0.277 e. The van der Waals surface area contributed by atoms with Crippen molar-refractivity contribution in [3.63, 3.8) is 0 Å². The second-order valence-electron chi connectivity index (χ2n) is 5.35. The molecule has 1 N–H and O–H groups in total. The summed E-state index contributed by atoms with van der Waals surface area (Å²) >= 11 is 1.29. The van der Waals surface area contributed by atoms with E-state index in [0.717, 1.165) is 0 Å². The Morgan fingerprint density at radius 2 is 2.00 bits per heavy atom. The number of pyridine rings is 1. The van der Waals surface area contributed by atoms with Crippen LogP contribution in [0, 0.1) is 11.8 Å². The van der Waals surface area contributed by atoms with Gasteiger partial charge in [-0.2, -0.15) is 4.68 Å². The lowest BCUT2D eigenvalue weighted by atomic mass is 10.2. The first-order valence-electron chi connectivity index (χ1n) is 8.10. The van der Waals surface area contributed by atoms with Crippen LogP contribution in [0.3, 0.4) is 0 Å². The van der Waals surface area contributed by atoms with Gasteiger partial charge >= 0.3 is 0 Å². The first-order valence-corrected chi connectivity index (χ1v) is 8.98. The molecule has 0 unspecified atom stereocenters. The van der Waals surface area contributed by atoms with Crippen LogP contribution in [0.15, 0.2) is 48.2 Å². The van der Waals surface area contributed by atoms with E-state index in [2.05, 4.69) is 47.4 Å². The monoisotopic (exact) mass is 388 g/mol. The Morgan fingerprint density at radius 3 is 2.82 bits per heavy atom. The second kappa shape index (κ2) is 7.73. The fraction of sp³-hybridized carbons (Fsp3) is 0.0556. The van der Waals surface area contributed by atoms with Crippen LogP contribution in [0.1, 0.15) is 23.1 Å². The molecule has 4 rings (SSSR count). The van der Waals surface area contributed by atoms with Gasteiger partial charge in [-0.3, -0.25) is 10.1 Å². The zero-order chi connectivity index (χ0) is 19.3. The molecule has 9 nitrogen and oxygen atoms in total. The van der Waals surface area contributed by atoms with Gasteiger partial charge in [0.1, 0.15) is 11.4 Å². The molecule has 0 radical (unpaired) electrons. The maximum atomic E-state index is 12.6. The highest BCUT2D eigenvalue weighted by Crippen LogP contribution is 2.24. The van der Waals surface area contributed by atoms with Crippen LogP contribution in [0.5, 0.6) is 0 Å². The molecule has 0 saturated carbocycles. The maximum absolute atomic E-state index is 12.6. The molecule has 0 aliphatic rings. The predicted molar refractivity (Wildman–Crippen MR) is 103 cm³/mol. The van der Waals surface area contributed by atoms with Crippen molar-refractivity contribution < 1.29 is 4.79 Å². The number of thiazole rings is 1. The van der Waals surface area contributed by atoms with Crippen molar-refractivity contribution in [1.29, 1.82) is 0 Å². The summed E-state index contributed by atoms with van der Waals surface area (Å²) < 4.78 is 1.26. The molecule has 4 aromatic heterocycles. The summed E-state index contributed by atoms with van der Waals surface area (Å²) in [6.07, 6.45) is 4.46. The Hall–Kier alpha value is -3.97. The van der Waals surface area contributed by atoms with Crippen molar-refractivity contribution >= 4 is 22.4 Å². The van der Waals surface area contributed by atoms with Gasteiger partial charge in [0, 0.05) is 17.8 Å². The quantitative estimate of drug-likeness (QED) is 0.533. The summed E-state index contributed by atoms with van der Waals surface area (Å²) in [5, 5.41) is 12.6. The smallest absolute Gasteiger partial charge is 0.277 e. The van der Waals surface area contributed by atoms with Crippen LogP contribution in [0.2, 0.25) is 0 Å². The fourth-order valence-corrected chi connectivity index (χ4v) is 3.02. The lowest BCUT2D eigenvalue weighted by molar-refractivity contribution is 0.101. The van der Waals surface area contributed by atoms with E-state index in [-0.39, 0.29) is 11.6 Å². The highest BCUT2D eigenvalue weighted by molar-refractivity contribution is 7.14. The SMILES string of the molecule is CC#Cc1cccc(-c2csc(NC(=O)c3cnnn3-c3ncccn3)n2)n1. The summed E-state index contributed by atoms with van der Waals surface area (Å²) in [6, 6.07) is 7.21. The number of nitrogens with one attached hydrogen (secondary N) is 1. The number of aromatic nitrogens is 7. The van der Waals surface area contributed by atoms with E-state index in [1.54, 1.807) is 25.4 Å². The van der Waals surface area contributed by atoms with E-state index in [9.17, 15) is 4.79 Å². The summed E-state index contributed by atoms with van der Waals surface area (Å²) in [4.78, 5) is 29.6. The molecular weight excluding hydrogens is 376 g/mol. The second-order valence-corrected chi connectivity index (χ2v) is 6.21. The molecule has 28 heavy (non-hydrogen) atoms. The largest absolute Gasteiger partial charge is 0.296 e. The topological polar surface area (TPSA) is 111 Å². The van der Waals surface area contributed by atoms with Crippen molar-refractivity contribution in [1.82, 2.24) is 34.9 Å². The normalized spacial score (nSPS) is 10.2. The first-order chi connectivity index (χ1) is 13.7. The van der Waals surface area contributed by atoms with Crippen LogP contribution < -0.4 is 5.32 Å². The van der Waals surface area contributed by atoms with Crippen molar-refractivity contribution in [3.8, 4) is 29.2 Å². The summed E-state index contributed by atoms with van der Waals surface area (Å²) in [7, 11) is 0. The molecule has 0 fully saturated rings. The van der Waals surface area contributed by atoms with Gasteiger partial charge in [-0.05, 0) is 31.0 Å². The van der Waals surface area contributed by atoms with Crippen LogP contribution in [0.4, 0.5) is 5.13 Å². The fourth-order valence-electron chi connectivity index (χ4n) is 2.32. The Bertz CT molecular complexity index is 1190. The zero-order valence-corrected chi connectivity index (χ0v) is 15.4. The molecule has 4 aromatic rings. The average molecular weight is 388 g/mol. The molecule has 0 aliphatic heterocycles. The van der Waals surface area contributed by atoms with E-state index >= 15 is 0 Å². The van der Waals surface area contributed by atoms with Gasteiger partial charge in [0.15, 0.2) is 10.8 Å². The van der Waals surface area contributed by atoms with Crippen molar-refractivity contribution in [2.75, 3.05) is 5.32 Å². The van der Waals surface area contributed by atoms with Crippen molar-refractivity contribution in [3.05, 3.63) is 59.6 Å². The Labute approximate surface area is 163 Å². The molecule has 1 amide bonds. The molecule has 136 valence electrons. The third-order valence-electron chi connectivity index (χ3n) is 3.51. The van der Waals surface area contributed by atoms with E-state index in [0.29, 0.717) is 22.2 Å². The molecule has 0 aromatic carbocycles. The van der Waals surface area contributed by atoms with Gasteiger partial charge in [-0.1, -0.05) is 17.2 Å². The molecular formula is C18H12N8OS. The first kappa shape index (κ1) is 17.4. The number of hydrogen-bond acceptors (Lipinski definition) is 8. The highest BCUT2D eigenvalue weighted by atomic mass is 32.1. The number of carbonyl (C=O) groups is 1. The van der Waals surface area contributed by atoms with Crippen molar-refractivity contribution in [2.24, 2.45) is 0 Å². The Kier molecular flexibility index (Phi) is 4.81. The van der Waals surface area contributed by atoms with Crippen LogP contribution in [-0.4, -0.2) is 40.8 Å². The summed E-state index contributed by atoms with van der Waals surface area (Å²) in [5.41, 5.74) is 2.19. The van der Waals surface area contributed by atoms with Gasteiger partial charge in [-0.25, -0.2) is 19.9 Å². The highest BCUT2D eigenvalue weighted by Gasteiger charge is 2.18. The molecule has 0 spiro atoms. The van der Waals surface area contributed by atoms with Gasteiger partial charge in [0.05, 0.1) is 11.9 Å². The molecule has 4 heterocycles. The van der Waals surface area contributed by atoms with Gasteiger partial charge in [0.25, 0.3) is 11.9 Å². The summed E-state index contributed by atoms with van der Waals surface area (Å²) in [5.74, 6) is 5.56. The average Bonchev–Trinajstić information content (AvgIpc) is 3.39. The molecule has 0 aliphatic carbocycles. The lowest BCUT2D eigenvalue weighted by Crippen LogP contribution is -2.18. The van der Waals surface area contributed by atoms with Gasteiger partial charge in [-0.15, -0.1) is 16.4 Å². The molecule has 10 heteroatoms. The minimum atomic E-state index is -0.420. The third kappa shape index (κ3) is 3.60. The van der Waals surface area contributed by atoms with E-state index in [1.165, 1.54) is 22.2 Å². The zero-order valence-electron chi connectivity index (χ0n) is 14.6. The standard InChI is InChI=1S/C18H12N8OS/c1-2-5-12-6-3-7-13(22-12)14-11-28-18(23-14)24-16(27)15-10-21-25-26(15)17-19-8-4-9-20-17/h3-4,6-11H,1H3,(H,23,24,27). The van der Waals surface area contributed by atoms with Gasteiger partial charge < -0.3 is 0 Å². The van der Waals surface area contributed by atoms with Crippen LogP contribution in [0.25, 0.3) is 17.3 Å². The molecule has 0 atom stereocenters. The number of hydrogen-bond donors (Lipinski definition) is 1. The lowest BCUT2D eigenvalue weighted by Gasteiger charge is -2.03.